The van der Waals surface area contributed by atoms with Gasteiger partial charge in [0.2, 0.25) is 0 Å². The molecule has 14 heavy (non-hydrogen) atoms. The standard InChI is InChI=1S/C12H18O2/c1-14-12(13)11-9-7-5-3-2-4-6-8-10-11/h3,5-6,8,11H,2,4,7,9-10H2,1H3/b5-3+,8-6-. The first-order valence-electron chi connectivity index (χ1n) is 5.22. The van der Waals surface area contributed by atoms with Gasteiger partial charge in [0.15, 0.2) is 0 Å². The molecule has 1 aliphatic carbocycles. The summed E-state index contributed by atoms with van der Waals surface area (Å²) >= 11 is 0. The monoisotopic (exact) mass is 194 g/mol. The van der Waals surface area contributed by atoms with Crippen LogP contribution in [-0.4, -0.2) is 13.1 Å². The van der Waals surface area contributed by atoms with E-state index in [1.807, 2.05) is 0 Å². The Morgan fingerprint density at radius 2 is 1.79 bits per heavy atom. The van der Waals surface area contributed by atoms with Crippen LogP contribution in [0.15, 0.2) is 24.3 Å². The van der Waals surface area contributed by atoms with Gasteiger partial charge in [0.05, 0.1) is 13.0 Å². The second-order valence-corrected chi connectivity index (χ2v) is 3.55. The lowest BCUT2D eigenvalue weighted by molar-refractivity contribution is -0.145. The Hall–Kier alpha value is -1.05. The van der Waals surface area contributed by atoms with Gasteiger partial charge in [0, 0.05) is 0 Å². The van der Waals surface area contributed by atoms with E-state index in [0.717, 1.165) is 32.1 Å². The number of hydrogen-bond acceptors (Lipinski definition) is 2. The molecule has 0 aromatic rings. The first kappa shape index (κ1) is 11.0. The molecule has 1 aliphatic rings. The second kappa shape index (κ2) is 6.41. The van der Waals surface area contributed by atoms with Crippen molar-refractivity contribution in [2.75, 3.05) is 7.11 Å². The summed E-state index contributed by atoms with van der Waals surface area (Å²) in [6, 6.07) is 0. The van der Waals surface area contributed by atoms with Gasteiger partial charge in [-0.1, -0.05) is 24.3 Å². The maximum Gasteiger partial charge on any atom is 0.308 e. The lowest BCUT2D eigenvalue weighted by Crippen LogP contribution is -2.15. The molecule has 0 saturated carbocycles. The first-order chi connectivity index (χ1) is 6.84. The maximum absolute atomic E-state index is 11.3. The minimum Gasteiger partial charge on any atom is -0.469 e. The summed E-state index contributed by atoms with van der Waals surface area (Å²) in [5.41, 5.74) is 0. The molecule has 2 nitrogen and oxygen atoms in total. The Balaban J connectivity index is 2.51. The highest BCUT2D eigenvalue weighted by Crippen LogP contribution is 2.16. The number of carbonyl (C=O) groups excluding carboxylic acids is 1. The molecular weight excluding hydrogens is 176 g/mol. The molecule has 0 spiro atoms. The van der Waals surface area contributed by atoms with Gasteiger partial charge in [-0.15, -0.1) is 0 Å². The number of methoxy groups -OCH3 is 1. The molecule has 0 fully saturated rings. The van der Waals surface area contributed by atoms with Crippen molar-refractivity contribution in [2.45, 2.75) is 32.1 Å². The van der Waals surface area contributed by atoms with Gasteiger partial charge in [0.1, 0.15) is 0 Å². The fourth-order valence-electron chi connectivity index (χ4n) is 1.60. The third-order valence-electron chi connectivity index (χ3n) is 2.47. The Morgan fingerprint density at radius 1 is 1.14 bits per heavy atom. The molecule has 0 aliphatic heterocycles. The molecule has 0 amide bonds. The number of esters is 1. The molecule has 0 heterocycles. The van der Waals surface area contributed by atoms with Crippen molar-refractivity contribution < 1.29 is 9.53 Å². The molecule has 1 atom stereocenters. The zero-order chi connectivity index (χ0) is 10.2. The molecule has 78 valence electrons. The van der Waals surface area contributed by atoms with E-state index in [4.69, 9.17) is 4.74 Å². The van der Waals surface area contributed by atoms with E-state index in [2.05, 4.69) is 24.3 Å². The Labute approximate surface area is 85.6 Å². The number of allylic oxidation sites excluding steroid dienone is 4. The summed E-state index contributed by atoms with van der Waals surface area (Å²) in [6.07, 6.45) is 13.5. The van der Waals surface area contributed by atoms with Crippen LogP contribution in [0.2, 0.25) is 0 Å². The van der Waals surface area contributed by atoms with Gasteiger partial charge in [0.25, 0.3) is 0 Å². The molecule has 0 radical (unpaired) electrons. The van der Waals surface area contributed by atoms with Crippen LogP contribution in [0, 0.1) is 5.92 Å². The van der Waals surface area contributed by atoms with E-state index in [-0.39, 0.29) is 11.9 Å². The highest BCUT2D eigenvalue weighted by atomic mass is 16.5. The lowest BCUT2D eigenvalue weighted by atomic mass is 9.98. The summed E-state index contributed by atoms with van der Waals surface area (Å²) in [7, 11) is 1.46. The van der Waals surface area contributed by atoms with Crippen LogP contribution in [0.5, 0.6) is 0 Å². The molecule has 0 bridgehead atoms. The predicted molar refractivity (Wildman–Crippen MR) is 56.9 cm³/mol. The van der Waals surface area contributed by atoms with E-state index in [9.17, 15) is 4.79 Å². The molecule has 0 N–H and O–H groups in total. The van der Waals surface area contributed by atoms with E-state index in [1.54, 1.807) is 0 Å². The Morgan fingerprint density at radius 3 is 2.50 bits per heavy atom. The summed E-state index contributed by atoms with van der Waals surface area (Å²) in [5.74, 6) is -0.0392. The Kier molecular flexibility index (Phi) is 5.05. The van der Waals surface area contributed by atoms with Crippen LogP contribution < -0.4 is 0 Å². The van der Waals surface area contributed by atoms with Gasteiger partial charge >= 0.3 is 5.97 Å². The van der Waals surface area contributed by atoms with Crippen LogP contribution in [0.3, 0.4) is 0 Å². The van der Waals surface area contributed by atoms with E-state index in [1.165, 1.54) is 7.11 Å². The molecule has 1 rings (SSSR count). The summed E-state index contributed by atoms with van der Waals surface area (Å²) < 4.78 is 4.76. The van der Waals surface area contributed by atoms with Gasteiger partial charge in [-0.25, -0.2) is 0 Å². The van der Waals surface area contributed by atoms with Crippen molar-refractivity contribution in [3.63, 3.8) is 0 Å². The van der Waals surface area contributed by atoms with Crippen molar-refractivity contribution in [1.82, 2.24) is 0 Å². The van der Waals surface area contributed by atoms with Crippen molar-refractivity contribution >= 4 is 5.97 Å². The number of carbonyl (C=O) groups is 1. The van der Waals surface area contributed by atoms with Gasteiger partial charge in [-0.3, -0.25) is 4.79 Å². The molecule has 2 heteroatoms. The molecule has 1 unspecified atom stereocenters. The maximum atomic E-state index is 11.3. The van der Waals surface area contributed by atoms with Crippen LogP contribution in [0.4, 0.5) is 0 Å². The SMILES string of the molecule is COC(=O)C1C/C=C\CC/C=C/CC1. The predicted octanol–water partition coefficient (Wildman–Crippen LogP) is 2.85. The quantitative estimate of drug-likeness (QED) is 0.474. The van der Waals surface area contributed by atoms with Crippen LogP contribution in [0.1, 0.15) is 32.1 Å². The zero-order valence-corrected chi connectivity index (χ0v) is 8.74. The number of hydrogen-bond donors (Lipinski definition) is 0. The third kappa shape index (κ3) is 3.77. The number of rotatable bonds is 1. The molecule has 0 aromatic heterocycles. The zero-order valence-electron chi connectivity index (χ0n) is 8.74. The van der Waals surface area contributed by atoms with Crippen LogP contribution in [-0.2, 0) is 9.53 Å². The smallest absolute Gasteiger partial charge is 0.308 e. The second-order valence-electron chi connectivity index (χ2n) is 3.55. The topological polar surface area (TPSA) is 26.3 Å². The van der Waals surface area contributed by atoms with Gasteiger partial charge in [-0.2, -0.15) is 0 Å². The lowest BCUT2D eigenvalue weighted by Gasteiger charge is -2.11. The molecule has 0 saturated heterocycles. The van der Waals surface area contributed by atoms with Crippen molar-refractivity contribution in [2.24, 2.45) is 5.92 Å². The van der Waals surface area contributed by atoms with E-state index >= 15 is 0 Å². The highest BCUT2D eigenvalue weighted by Gasteiger charge is 2.16. The van der Waals surface area contributed by atoms with Crippen LogP contribution in [0.25, 0.3) is 0 Å². The fourth-order valence-corrected chi connectivity index (χ4v) is 1.60. The van der Waals surface area contributed by atoms with Crippen LogP contribution >= 0.6 is 0 Å². The van der Waals surface area contributed by atoms with Crippen molar-refractivity contribution in [1.29, 1.82) is 0 Å². The molecule has 0 aromatic carbocycles. The van der Waals surface area contributed by atoms with E-state index in [0.29, 0.717) is 0 Å². The average Bonchev–Trinajstić information content (AvgIpc) is 2.24. The summed E-state index contributed by atoms with van der Waals surface area (Å²) in [6.45, 7) is 0. The minimum absolute atomic E-state index is 0.0407. The summed E-state index contributed by atoms with van der Waals surface area (Å²) in [4.78, 5) is 11.3. The normalized spacial score (nSPS) is 27.6. The Bertz CT molecular complexity index is 228. The minimum atomic E-state index is -0.0800. The molecular formula is C12H18O2. The van der Waals surface area contributed by atoms with Gasteiger partial charge < -0.3 is 4.74 Å². The summed E-state index contributed by atoms with van der Waals surface area (Å²) in [5, 5.41) is 0. The fraction of sp³-hybridized carbons (Fsp3) is 0.583. The van der Waals surface area contributed by atoms with E-state index < -0.39 is 0 Å². The highest BCUT2D eigenvalue weighted by molar-refractivity contribution is 5.72. The third-order valence-corrected chi connectivity index (χ3v) is 2.47. The first-order valence-corrected chi connectivity index (χ1v) is 5.22. The largest absolute Gasteiger partial charge is 0.469 e. The number of ether oxygens (including phenoxy) is 1. The van der Waals surface area contributed by atoms with Gasteiger partial charge in [-0.05, 0) is 32.1 Å². The van der Waals surface area contributed by atoms with Crippen molar-refractivity contribution in [3.8, 4) is 0 Å². The average molecular weight is 194 g/mol. The van der Waals surface area contributed by atoms with Crippen molar-refractivity contribution in [3.05, 3.63) is 24.3 Å².